The maximum Gasteiger partial charge on any atom is 0.330 e. The van der Waals surface area contributed by atoms with Gasteiger partial charge in [-0.05, 0) is 13.8 Å². The zero-order chi connectivity index (χ0) is 18.2. The van der Waals surface area contributed by atoms with E-state index in [2.05, 4.69) is 4.98 Å². The average Bonchev–Trinajstić information content (AvgIpc) is 2.75. The van der Waals surface area contributed by atoms with Crippen LogP contribution < -0.4 is 11.2 Å². The van der Waals surface area contributed by atoms with Crippen LogP contribution in [-0.2, 0) is 9.57 Å². The van der Waals surface area contributed by atoms with E-state index in [1.165, 1.54) is 25.1 Å². The molecular formula is C14H23N3O7. The molecule has 0 radical (unpaired) electrons. The summed E-state index contributed by atoms with van der Waals surface area (Å²) in [6.45, 7) is 2.43. The van der Waals surface area contributed by atoms with Gasteiger partial charge in [0.25, 0.3) is 5.56 Å². The monoisotopic (exact) mass is 345 g/mol. The fourth-order valence-electron chi connectivity index (χ4n) is 2.83. The van der Waals surface area contributed by atoms with E-state index in [0.29, 0.717) is 0 Å². The quantitative estimate of drug-likeness (QED) is 0.438. The largest absolute Gasteiger partial charge is 0.394 e. The van der Waals surface area contributed by atoms with Crippen molar-refractivity contribution in [2.24, 2.45) is 0 Å². The molecule has 0 spiro atoms. The fraction of sp³-hybridized carbons (Fsp3) is 0.714. The molecule has 5 atom stereocenters. The van der Waals surface area contributed by atoms with Crippen molar-refractivity contribution in [2.75, 3.05) is 20.7 Å². The first kappa shape index (κ1) is 18.8. The molecule has 1 fully saturated rings. The minimum absolute atomic E-state index is 0.226. The highest BCUT2D eigenvalue weighted by atomic mass is 16.7. The van der Waals surface area contributed by atoms with Gasteiger partial charge in [0.2, 0.25) is 0 Å². The third kappa shape index (κ3) is 3.04. The van der Waals surface area contributed by atoms with E-state index >= 15 is 0 Å². The van der Waals surface area contributed by atoms with Crippen molar-refractivity contribution in [3.05, 3.63) is 32.6 Å². The first-order chi connectivity index (χ1) is 11.1. The number of aliphatic hydroxyl groups excluding tert-OH is 2. The lowest BCUT2D eigenvalue weighted by Gasteiger charge is -2.37. The molecule has 4 N–H and O–H groups in total. The van der Waals surface area contributed by atoms with Crippen molar-refractivity contribution in [3.63, 3.8) is 0 Å². The number of H-pyrrole nitrogens is 1. The Labute approximate surface area is 137 Å². The van der Waals surface area contributed by atoms with Crippen molar-refractivity contribution >= 4 is 0 Å². The van der Waals surface area contributed by atoms with Crippen molar-refractivity contribution in [1.82, 2.24) is 14.6 Å². The third-order valence-corrected chi connectivity index (χ3v) is 4.12. The second-order valence-corrected chi connectivity index (χ2v) is 6.08. The van der Waals surface area contributed by atoms with Crippen LogP contribution in [0.25, 0.3) is 0 Å². The highest BCUT2D eigenvalue weighted by Gasteiger charge is 2.60. The lowest BCUT2D eigenvalue weighted by atomic mass is 9.88. The Kier molecular flexibility index (Phi) is 5.28. The molecule has 24 heavy (non-hydrogen) atoms. The van der Waals surface area contributed by atoms with E-state index in [9.17, 15) is 24.9 Å². The van der Waals surface area contributed by atoms with Crippen molar-refractivity contribution < 1.29 is 24.9 Å². The maximum atomic E-state index is 12.1. The van der Waals surface area contributed by atoms with Crippen LogP contribution in [0.15, 0.2) is 15.8 Å². The number of aromatic amines is 1. The Morgan fingerprint density at radius 3 is 2.67 bits per heavy atom. The second kappa shape index (κ2) is 6.75. The van der Waals surface area contributed by atoms with E-state index in [0.717, 1.165) is 4.57 Å². The fourth-order valence-corrected chi connectivity index (χ4v) is 2.83. The number of hydrogen-bond donors (Lipinski definition) is 4. The van der Waals surface area contributed by atoms with Crippen molar-refractivity contribution in [1.29, 1.82) is 0 Å². The Morgan fingerprint density at radius 1 is 1.50 bits per heavy atom. The summed E-state index contributed by atoms with van der Waals surface area (Å²) in [4.78, 5) is 31.2. The van der Waals surface area contributed by atoms with Crippen LogP contribution in [0.4, 0.5) is 0 Å². The van der Waals surface area contributed by atoms with Crippen LogP contribution in [0.5, 0.6) is 0 Å². The lowest BCUT2D eigenvalue weighted by molar-refractivity contribution is -0.253. The minimum atomic E-state index is -2.04. The van der Waals surface area contributed by atoms with Gasteiger partial charge in [0, 0.05) is 25.9 Å². The van der Waals surface area contributed by atoms with E-state index in [-0.39, 0.29) is 5.56 Å². The first-order valence-electron chi connectivity index (χ1n) is 7.45. The van der Waals surface area contributed by atoms with E-state index in [4.69, 9.17) is 9.57 Å². The average molecular weight is 345 g/mol. The molecule has 0 amide bonds. The van der Waals surface area contributed by atoms with Crippen LogP contribution in [0.2, 0.25) is 0 Å². The van der Waals surface area contributed by atoms with E-state index < -0.39 is 48.0 Å². The van der Waals surface area contributed by atoms with Gasteiger partial charge in [-0.3, -0.25) is 19.2 Å². The molecule has 0 aliphatic carbocycles. The van der Waals surface area contributed by atoms with Gasteiger partial charge in [0.1, 0.15) is 18.3 Å². The van der Waals surface area contributed by atoms with Crippen molar-refractivity contribution in [2.45, 2.75) is 44.0 Å². The van der Waals surface area contributed by atoms with Gasteiger partial charge in [-0.25, -0.2) is 4.79 Å². The summed E-state index contributed by atoms with van der Waals surface area (Å²) in [5, 5.41) is 32.2. The zero-order valence-corrected chi connectivity index (χ0v) is 14.0. The Morgan fingerprint density at radius 2 is 2.12 bits per heavy atom. The predicted octanol–water partition coefficient (Wildman–Crippen LogP) is -2.29. The lowest BCUT2D eigenvalue weighted by Crippen LogP contribution is -2.57. The number of aryl methyl sites for hydroxylation is 1. The standard InChI is InChI=1S/C14H23N3O7/c1-7-5-17(13(21)15-11(7)20)12-14(22,8(2)24-16(3)4)10(19)9(6-18)23-12/h5,8-10,12,18-19,22H,6H2,1-4H3,(H,15,20,21)/t8?,9-,10-,12-,14+/m1/s1. The van der Waals surface area contributed by atoms with Crippen LogP contribution in [0.3, 0.4) is 0 Å². The summed E-state index contributed by atoms with van der Waals surface area (Å²) in [5.41, 5.74) is -3.18. The number of ether oxygens (including phenoxy) is 1. The van der Waals surface area contributed by atoms with Crippen LogP contribution in [0.1, 0.15) is 18.7 Å². The number of rotatable bonds is 5. The molecule has 1 aliphatic rings. The van der Waals surface area contributed by atoms with Gasteiger partial charge in [-0.15, -0.1) is 0 Å². The van der Waals surface area contributed by atoms with Crippen LogP contribution >= 0.6 is 0 Å². The number of hydrogen-bond acceptors (Lipinski definition) is 8. The molecule has 1 saturated heterocycles. The molecule has 10 nitrogen and oxygen atoms in total. The van der Waals surface area contributed by atoms with Crippen LogP contribution in [-0.4, -0.2) is 74.5 Å². The number of nitrogens with zero attached hydrogens (tertiary/aromatic N) is 2. The summed E-state index contributed by atoms with van der Waals surface area (Å²) in [5.74, 6) is 0. The Bertz CT molecular complexity index is 700. The normalized spacial score (nSPS) is 31.6. The van der Waals surface area contributed by atoms with Gasteiger partial charge >= 0.3 is 5.69 Å². The van der Waals surface area contributed by atoms with Gasteiger partial charge in [0.15, 0.2) is 11.8 Å². The highest BCUT2D eigenvalue weighted by Crippen LogP contribution is 2.41. The van der Waals surface area contributed by atoms with E-state index in [1.54, 1.807) is 14.1 Å². The minimum Gasteiger partial charge on any atom is -0.394 e. The topological polar surface area (TPSA) is 137 Å². The predicted molar refractivity (Wildman–Crippen MR) is 82.2 cm³/mol. The summed E-state index contributed by atoms with van der Waals surface area (Å²) in [6, 6.07) is 0. The number of aromatic nitrogens is 2. The number of nitrogens with one attached hydrogen (secondary N) is 1. The van der Waals surface area contributed by atoms with Crippen molar-refractivity contribution in [3.8, 4) is 0 Å². The second-order valence-electron chi connectivity index (χ2n) is 6.08. The van der Waals surface area contributed by atoms with E-state index in [1.807, 2.05) is 0 Å². The van der Waals surface area contributed by atoms with Gasteiger partial charge in [-0.1, -0.05) is 0 Å². The molecule has 1 aliphatic heterocycles. The zero-order valence-electron chi connectivity index (χ0n) is 14.0. The van der Waals surface area contributed by atoms with Gasteiger partial charge < -0.3 is 20.1 Å². The molecule has 0 saturated carbocycles. The Balaban J connectivity index is 2.55. The molecule has 136 valence electrons. The number of hydroxylamine groups is 2. The Hall–Kier alpha value is -1.56. The molecular weight excluding hydrogens is 322 g/mol. The summed E-state index contributed by atoms with van der Waals surface area (Å²) in [7, 11) is 3.19. The highest BCUT2D eigenvalue weighted by molar-refractivity contribution is 5.09. The molecule has 0 bridgehead atoms. The third-order valence-electron chi connectivity index (χ3n) is 4.12. The first-order valence-corrected chi connectivity index (χ1v) is 7.45. The molecule has 0 aromatic carbocycles. The van der Waals surface area contributed by atoms with Gasteiger partial charge in [-0.2, -0.15) is 5.06 Å². The SMILES string of the molecule is Cc1cn([C@@H]2O[C@H](CO)[C@@H](O)[C@@]2(O)C(C)ON(C)C)c(=O)[nH]c1=O. The molecule has 1 aromatic heterocycles. The molecule has 2 heterocycles. The summed E-state index contributed by atoms with van der Waals surface area (Å²) in [6.07, 6.45) is -3.74. The van der Waals surface area contributed by atoms with Gasteiger partial charge in [0.05, 0.1) is 6.61 Å². The molecule has 1 aromatic rings. The molecule has 1 unspecified atom stereocenters. The number of aliphatic hydroxyl groups is 3. The summed E-state index contributed by atoms with van der Waals surface area (Å²) < 4.78 is 6.47. The summed E-state index contributed by atoms with van der Waals surface area (Å²) >= 11 is 0. The smallest absolute Gasteiger partial charge is 0.330 e. The maximum absolute atomic E-state index is 12.1. The molecule has 2 rings (SSSR count). The van der Waals surface area contributed by atoms with Crippen LogP contribution in [0, 0.1) is 6.92 Å². The molecule has 10 heteroatoms.